The Morgan fingerprint density at radius 2 is 2.06 bits per heavy atom. The van der Waals surface area contributed by atoms with E-state index < -0.39 is 12.7 Å². The van der Waals surface area contributed by atoms with Crippen LogP contribution in [0, 0.1) is 0 Å². The summed E-state index contributed by atoms with van der Waals surface area (Å²) in [5, 5.41) is 0. The van der Waals surface area contributed by atoms with Gasteiger partial charge < -0.3 is 19.1 Å². The van der Waals surface area contributed by atoms with Crippen LogP contribution in [-0.4, -0.2) is 49.4 Å². The molecule has 3 aromatic rings. The monoisotopic (exact) mass is 431 g/mol. The van der Waals surface area contributed by atoms with Gasteiger partial charge in [0.1, 0.15) is 17.5 Å². The van der Waals surface area contributed by atoms with Gasteiger partial charge in [0.25, 0.3) is 0 Å². The number of likely N-dealkylation sites (N-methyl/N-ethyl adjacent to an activating group) is 1. The van der Waals surface area contributed by atoms with E-state index in [2.05, 4.69) is 11.8 Å². The highest BCUT2D eigenvalue weighted by atomic mass is 19.3. The van der Waals surface area contributed by atoms with Crippen LogP contribution < -0.4 is 9.64 Å². The molecule has 0 spiro atoms. The number of para-hydroxylation sites is 1. The average Bonchev–Trinajstić information content (AvgIpc) is 3.15. The van der Waals surface area contributed by atoms with Gasteiger partial charge in [0, 0.05) is 38.9 Å². The number of fused-ring (bicyclic) bond motifs is 3. The van der Waals surface area contributed by atoms with E-state index in [9.17, 15) is 8.78 Å². The Hall–Kier alpha value is -2.71. The molecule has 1 aliphatic heterocycles. The molecule has 6 nitrogen and oxygen atoms in total. The van der Waals surface area contributed by atoms with Crippen LogP contribution in [0.25, 0.3) is 5.65 Å². The van der Waals surface area contributed by atoms with Crippen molar-refractivity contribution >= 4 is 11.3 Å². The molecular formula is C23H27F2N3O3. The zero-order chi connectivity index (χ0) is 22.0. The number of ether oxygens (including phenoxy) is 3. The van der Waals surface area contributed by atoms with Crippen LogP contribution in [0.15, 0.2) is 42.6 Å². The Bertz CT molecular complexity index is 1040. The fraction of sp³-hybridized carbons (Fsp3) is 0.435. The molecule has 0 bridgehead atoms. The fourth-order valence-electron chi connectivity index (χ4n) is 4.06. The minimum atomic E-state index is -2.90. The quantitative estimate of drug-likeness (QED) is 0.527. The number of benzene rings is 1. The Kier molecular flexibility index (Phi) is 6.38. The minimum Gasteiger partial charge on any atom is -0.434 e. The summed E-state index contributed by atoms with van der Waals surface area (Å²) in [7, 11) is 3.74. The summed E-state index contributed by atoms with van der Waals surface area (Å²) in [6, 6.07) is 10.8. The van der Waals surface area contributed by atoms with Gasteiger partial charge in [0.2, 0.25) is 0 Å². The van der Waals surface area contributed by atoms with E-state index >= 15 is 0 Å². The van der Waals surface area contributed by atoms with Crippen molar-refractivity contribution in [3.63, 3.8) is 0 Å². The lowest BCUT2D eigenvalue weighted by atomic mass is 10.0. The molecule has 0 fully saturated rings. The number of hydrogen-bond acceptors (Lipinski definition) is 5. The SMILES string of the molecule is CCC(CN(C)c1ccc2nc3c(n2c1)C(c1ccccc1OC(F)F)OCC3)OC. The zero-order valence-electron chi connectivity index (χ0n) is 17.9. The van der Waals surface area contributed by atoms with Crippen molar-refractivity contribution in [3.05, 3.63) is 59.5 Å². The second-order valence-electron chi connectivity index (χ2n) is 7.62. The smallest absolute Gasteiger partial charge is 0.387 e. The Morgan fingerprint density at radius 1 is 1.26 bits per heavy atom. The topological polar surface area (TPSA) is 48.2 Å². The minimum absolute atomic E-state index is 0.115. The molecule has 0 saturated heterocycles. The van der Waals surface area contributed by atoms with Crippen molar-refractivity contribution in [2.45, 2.75) is 38.6 Å². The molecule has 2 aromatic heterocycles. The molecule has 31 heavy (non-hydrogen) atoms. The van der Waals surface area contributed by atoms with Gasteiger partial charge in [-0.2, -0.15) is 8.78 Å². The van der Waals surface area contributed by atoms with E-state index in [0.29, 0.717) is 18.6 Å². The van der Waals surface area contributed by atoms with E-state index in [-0.39, 0.29) is 11.9 Å². The van der Waals surface area contributed by atoms with Gasteiger partial charge in [-0.3, -0.25) is 4.40 Å². The summed E-state index contributed by atoms with van der Waals surface area (Å²) in [6.07, 6.45) is 3.18. The second-order valence-corrected chi connectivity index (χ2v) is 7.62. The van der Waals surface area contributed by atoms with Crippen molar-refractivity contribution in [2.75, 3.05) is 32.2 Å². The summed E-state index contributed by atoms with van der Waals surface area (Å²) >= 11 is 0. The first-order valence-electron chi connectivity index (χ1n) is 10.4. The third kappa shape index (κ3) is 4.36. The first-order valence-corrected chi connectivity index (χ1v) is 10.4. The van der Waals surface area contributed by atoms with E-state index in [1.807, 2.05) is 29.8 Å². The number of alkyl halides is 2. The highest BCUT2D eigenvalue weighted by molar-refractivity contribution is 5.55. The number of imidazole rings is 1. The van der Waals surface area contributed by atoms with Crippen molar-refractivity contribution in [3.8, 4) is 5.75 Å². The van der Waals surface area contributed by atoms with E-state index in [4.69, 9.17) is 19.2 Å². The standard InChI is InChI=1S/C23H27F2N3O3/c1-4-16(29-3)14-27(2)15-9-10-20-26-18-11-12-30-22(21(18)28(20)13-15)17-7-5-6-8-19(17)31-23(24)25/h5-10,13,16,22-23H,4,11-12,14H2,1-3H3. The molecule has 0 saturated carbocycles. The van der Waals surface area contributed by atoms with Crippen LogP contribution in [0.4, 0.5) is 14.5 Å². The predicted octanol–water partition coefficient (Wildman–Crippen LogP) is 4.46. The summed E-state index contributed by atoms with van der Waals surface area (Å²) in [5.74, 6) is 0.115. The maximum absolute atomic E-state index is 13.0. The van der Waals surface area contributed by atoms with Crippen molar-refractivity contribution in [1.29, 1.82) is 0 Å². The molecule has 1 aliphatic rings. The molecule has 0 aliphatic carbocycles. The van der Waals surface area contributed by atoms with Gasteiger partial charge in [-0.1, -0.05) is 25.1 Å². The third-order valence-corrected chi connectivity index (χ3v) is 5.71. The average molecular weight is 431 g/mol. The number of pyridine rings is 1. The molecule has 0 N–H and O–H groups in total. The Balaban J connectivity index is 1.75. The molecule has 3 heterocycles. The van der Waals surface area contributed by atoms with Crippen LogP contribution in [0.5, 0.6) is 5.75 Å². The largest absolute Gasteiger partial charge is 0.434 e. The summed E-state index contributed by atoms with van der Waals surface area (Å²) in [4.78, 5) is 6.90. The second kappa shape index (κ2) is 9.20. The lowest BCUT2D eigenvalue weighted by molar-refractivity contribution is -0.0522. The number of hydrogen-bond donors (Lipinski definition) is 0. The van der Waals surface area contributed by atoms with Crippen LogP contribution in [-0.2, 0) is 15.9 Å². The fourth-order valence-corrected chi connectivity index (χ4v) is 4.06. The predicted molar refractivity (Wildman–Crippen MR) is 114 cm³/mol. The lowest BCUT2D eigenvalue weighted by Gasteiger charge is -2.26. The first kappa shape index (κ1) is 21.5. The summed E-state index contributed by atoms with van der Waals surface area (Å²) in [5.41, 5.74) is 4.12. The molecule has 8 heteroatoms. The van der Waals surface area contributed by atoms with Crippen molar-refractivity contribution in [2.24, 2.45) is 0 Å². The summed E-state index contributed by atoms with van der Waals surface area (Å²) in [6.45, 7) is 0.404. The summed E-state index contributed by atoms with van der Waals surface area (Å²) < 4.78 is 44.3. The van der Waals surface area contributed by atoms with Gasteiger partial charge in [-0.15, -0.1) is 0 Å². The molecule has 2 atom stereocenters. The highest BCUT2D eigenvalue weighted by Crippen LogP contribution is 2.38. The van der Waals surface area contributed by atoms with E-state index in [0.717, 1.165) is 35.7 Å². The zero-order valence-corrected chi connectivity index (χ0v) is 17.9. The molecule has 166 valence electrons. The molecule has 0 radical (unpaired) electrons. The van der Waals surface area contributed by atoms with Crippen LogP contribution in [0.1, 0.15) is 36.4 Å². The molecular weight excluding hydrogens is 404 g/mol. The highest BCUT2D eigenvalue weighted by Gasteiger charge is 2.30. The Morgan fingerprint density at radius 3 is 2.81 bits per heavy atom. The number of anilines is 1. The number of methoxy groups -OCH3 is 1. The van der Waals surface area contributed by atoms with Crippen LogP contribution >= 0.6 is 0 Å². The van der Waals surface area contributed by atoms with Crippen molar-refractivity contribution in [1.82, 2.24) is 9.38 Å². The van der Waals surface area contributed by atoms with Gasteiger partial charge in [-0.25, -0.2) is 4.98 Å². The number of nitrogens with zero attached hydrogens (tertiary/aromatic N) is 3. The molecule has 1 aromatic carbocycles. The number of rotatable bonds is 8. The molecule has 2 unspecified atom stereocenters. The maximum atomic E-state index is 13.0. The van der Waals surface area contributed by atoms with E-state index in [1.54, 1.807) is 25.3 Å². The van der Waals surface area contributed by atoms with Gasteiger partial charge in [0.15, 0.2) is 0 Å². The maximum Gasteiger partial charge on any atom is 0.387 e. The van der Waals surface area contributed by atoms with Crippen molar-refractivity contribution < 1.29 is 23.0 Å². The third-order valence-electron chi connectivity index (χ3n) is 5.71. The Labute approximate surface area is 180 Å². The lowest BCUT2D eigenvalue weighted by Crippen LogP contribution is -2.30. The van der Waals surface area contributed by atoms with Crippen LogP contribution in [0.2, 0.25) is 0 Å². The first-order chi connectivity index (χ1) is 15.0. The normalized spacial score (nSPS) is 17.0. The number of halogens is 2. The number of aromatic nitrogens is 2. The van der Waals surface area contributed by atoms with Gasteiger partial charge in [-0.05, 0) is 24.6 Å². The van der Waals surface area contributed by atoms with Crippen LogP contribution in [0.3, 0.4) is 0 Å². The van der Waals surface area contributed by atoms with Gasteiger partial charge in [0.05, 0.1) is 29.8 Å². The molecule has 4 rings (SSSR count). The van der Waals surface area contributed by atoms with Gasteiger partial charge >= 0.3 is 6.61 Å². The van der Waals surface area contributed by atoms with E-state index in [1.165, 1.54) is 6.07 Å². The molecule has 0 amide bonds.